The molecule has 39 heavy (non-hydrogen) atoms. The third-order valence-corrected chi connectivity index (χ3v) is 6.67. The van der Waals surface area contributed by atoms with Gasteiger partial charge in [0.15, 0.2) is 5.11 Å². The molecule has 5 aromatic rings. The van der Waals surface area contributed by atoms with Crippen LogP contribution in [0.2, 0.25) is 5.02 Å². The number of imidazole rings is 1. The van der Waals surface area contributed by atoms with Crippen molar-refractivity contribution in [1.82, 2.24) is 14.7 Å². The highest BCUT2D eigenvalue weighted by Gasteiger charge is 2.35. The van der Waals surface area contributed by atoms with Gasteiger partial charge in [0, 0.05) is 16.8 Å². The summed E-state index contributed by atoms with van der Waals surface area (Å²) in [5.41, 5.74) is 2.45. The van der Waals surface area contributed by atoms with Crippen molar-refractivity contribution in [3.05, 3.63) is 120 Å². The van der Waals surface area contributed by atoms with Gasteiger partial charge in [-0.05, 0) is 91.1 Å². The molecule has 1 aliphatic heterocycles. The lowest BCUT2D eigenvalue weighted by molar-refractivity contribution is -0.122. The SMILES string of the molecule is O=C1NC(=S)N(c2ccc(Oc3ccccc3)cc2)C(=O)/C1=C/c1nc(-c2ccc(Cl)cc2)n2ccccc12. The van der Waals surface area contributed by atoms with Gasteiger partial charge in [-0.15, -0.1) is 0 Å². The average Bonchev–Trinajstić information content (AvgIpc) is 3.31. The molecule has 9 heteroatoms. The summed E-state index contributed by atoms with van der Waals surface area (Å²) in [4.78, 5) is 32.6. The van der Waals surface area contributed by atoms with Gasteiger partial charge in [-0.3, -0.25) is 24.2 Å². The maximum atomic E-state index is 13.6. The number of ether oxygens (including phenoxy) is 1. The lowest BCUT2D eigenvalue weighted by atomic mass is 10.1. The number of fused-ring (bicyclic) bond motifs is 1. The number of nitrogens with one attached hydrogen (secondary N) is 1. The number of halogens is 1. The molecule has 1 fully saturated rings. The minimum absolute atomic E-state index is 0.00423. The fourth-order valence-electron chi connectivity index (χ4n) is 4.29. The maximum Gasteiger partial charge on any atom is 0.270 e. The fraction of sp³-hybridized carbons (Fsp3) is 0. The van der Waals surface area contributed by atoms with E-state index in [1.165, 1.54) is 11.0 Å². The number of para-hydroxylation sites is 1. The second-order valence-corrected chi connectivity index (χ2v) is 9.47. The molecule has 3 heterocycles. The molecular formula is C30H19ClN4O3S. The molecule has 2 aromatic heterocycles. The lowest BCUT2D eigenvalue weighted by Crippen LogP contribution is -2.54. The van der Waals surface area contributed by atoms with Crippen LogP contribution >= 0.6 is 23.8 Å². The van der Waals surface area contributed by atoms with E-state index in [4.69, 9.17) is 33.5 Å². The smallest absolute Gasteiger partial charge is 0.270 e. The number of nitrogens with zero attached hydrogens (tertiary/aromatic N) is 3. The van der Waals surface area contributed by atoms with Gasteiger partial charge < -0.3 is 4.74 Å². The number of carbonyl (C=O) groups is 2. The lowest BCUT2D eigenvalue weighted by Gasteiger charge is -2.28. The van der Waals surface area contributed by atoms with Gasteiger partial charge in [-0.25, -0.2) is 4.98 Å². The molecule has 6 rings (SSSR count). The summed E-state index contributed by atoms with van der Waals surface area (Å²) in [6.45, 7) is 0. The largest absolute Gasteiger partial charge is 0.457 e. The highest BCUT2D eigenvalue weighted by atomic mass is 35.5. The van der Waals surface area contributed by atoms with Gasteiger partial charge in [0.2, 0.25) is 0 Å². The van der Waals surface area contributed by atoms with Crippen LogP contribution in [-0.4, -0.2) is 26.3 Å². The fourth-order valence-corrected chi connectivity index (χ4v) is 4.69. The quantitative estimate of drug-likeness (QED) is 0.158. The van der Waals surface area contributed by atoms with Gasteiger partial charge in [0.1, 0.15) is 22.9 Å². The second-order valence-electron chi connectivity index (χ2n) is 8.65. The maximum absolute atomic E-state index is 13.6. The van der Waals surface area contributed by atoms with Crippen LogP contribution in [0.3, 0.4) is 0 Å². The Morgan fingerprint density at radius 2 is 1.54 bits per heavy atom. The van der Waals surface area contributed by atoms with E-state index < -0.39 is 11.8 Å². The van der Waals surface area contributed by atoms with E-state index in [2.05, 4.69) is 5.32 Å². The molecule has 0 atom stereocenters. The van der Waals surface area contributed by atoms with Gasteiger partial charge in [-0.2, -0.15) is 0 Å². The summed E-state index contributed by atoms with van der Waals surface area (Å²) >= 11 is 11.4. The number of carbonyl (C=O) groups excluding carboxylic acids is 2. The molecule has 0 saturated carbocycles. The molecule has 0 radical (unpaired) electrons. The Balaban J connectivity index is 1.35. The van der Waals surface area contributed by atoms with Crippen molar-refractivity contribution < 1.29 is 14.3 Å². The first-order valence-electron chi connectivity index (χ1n) is 12.0. The van der Waals surface area contributed by atoms with Crippen LogP contribution in [0.5, 0.6) is 11.5 Å². The van der Waals surface area contributed by atoms with Crippen molar-refractivity contribution in [3.8, 4) is 22.9 Å². The molecule has 0 unspecified atom stereocenters. The highest BCUT2D eigenvalue weighted by Crippen LogP contribution is 2.29. The first kappa shape index (κ1) is 24.5. The molecule has 7 nitrogen and oxygen atoms in total. The Labute approximate surface area is 233 Å². The summed E-state index contributed by atoms with van der Waals surface area (Å²) in [5, 5.41) is 3.23. The summed E-state index contributed by atoms with van der Waals surface area (Å²) in [5.74, 6) is 0.803. The average molecular weight is 551 g/mol. The van der Waals surface area contributed by atoms with Gasteiger partial charge >= 0.3 is 0 Å². The number of thiocarbonyl (C=S) groups is 1. The summed E-state index contributed by atoms with van der Waals surface area (Å²) in [7, 11) is 0. The number of rotatable bonds is 5. The van der Waals surface area contributed by atoms with Crippen molar-refractivity contribution in [1.29, 1.82) is 0 Å². The third-order valence-electron chi connectivity index (χ3n) is 6.14. The predicted molar refractivity (Wildman–Crippen MR) is 155 cm³/mol. The molecule has 1 N–H and O–H groups in total. The Morgan fingerprint density at radius 1 is 0.846 bits per heavy atom. The molecule has 0 spiro atoms. The minimum Gasteiger partial charge on any atom is -0.457 e. The Morgan fingerprint density at radius 3 is 2.28 bits per heavy atom. The third kappa shape index (κ3) is 4.79. The molecular weight excluding hydrogens is 532 g/mol. The van der Waals surface area contributed by atoms with Gasteiger partial charge in [-0.1, -0.05) is 35.9 Å². The van der Waals surface area contributed by atoms with Gasteiger partial charge in [0.25, 0.3) is 11.8 Å². The van der Waals surface area contributed by atoms with E-state index in [1.54, 1.807) is 36.4 Å². The summed E-state index contributed by atoms with van der Waals surface area (Å²) in [6, 6.07) is 29.2. The number of benzene rings is 3. The van der Waals surface area contributed by atoms with E-state index in [9.17, 15) is 9.59 Å². The van der Waals surface area contributed by atoms with E-state index >= 15 is 0 Å². The number of pyridine rings is 1. The summed E-state index contributed by atoms with van der Waals surface area (Å²) in [6.07, 6.45) is 3.37. The Kier molecular flexibility index (Phi) is 6.40. The Hall–Kier alpha value is -4.79. The molecule has 3 aromatic carbocycles. The summed E-state index contributed by atoms with van der Waals surface area (Å²) < 4.78 is 7.74. The van der Waals surface area contributed by atoms with Crippen LogP contribution in [0, 0.1) is 0 Å². The molecule has 1 aliphatic rings. The van der Waals surface area contributed by atoms with Crippen molar-refractivity contribution in [2.24, 2.45) is 0 Å². The zero-order valence-corrected chi connectivity index (χ0v) is 21.8. The molecule has 0 bridgehead atoms. The van der Waals surface area contributed by atoms with E-state index in [0.29, 0.717) is 33.7 Å². The first-order valence-corrected chi connectivity index (χ1v) is 12.7. The van der Waals surface area contributed by atoms with Crippen molar-refractivity contribution >= 4 is 58.0 Å². The van der Waals surface area contributed by atoms with E-state index in [-0.39, 0.29) is 10.7 Å². The van der Waals surface area contributed by atoms with Crippen LogP contribution in [0.15, 0.2) is 109 Å². The molecule has 2 amide bonds. The topological polar surface area (TPSA) is 75.9 Å². The van der Waals surface area contributed by atoms with Crippen molar-refractivity contribution in [3.63, 3.8) is 0 Å². The number of hydrogen-bond acceptors (Lipinski definition) is 5. The molecule has 1 saturated heterocycles. The number of anilines is 1. The highest BCUT2D eigenvalue weighted by molar-refractivity contribution is 7.80. The van der Waals surface area contributed by atoms with Gasteiger partial charge in [0.05, 0.1) is 16.9 Å². The second kappa shape index (κ2) is 10.2. The normalized spacial score (nSPS) is 14.6. The monoisotopic (exact) mass is 550 g/mol. The van der Waals surface area contributed by atoms with E-state index in [1.807, 2.05) is 71.3 Å². The predicted octanol–water partition coefficient (Wildman–Crippen LogP) is 6.28. The van der Waals surface area contributed by atoms with Crippen molar-refractivity contribution in [2.75, 3.05) is 4.90 Å². The molecule has 190 valence electrons. The molecule has 0 aliphatic carbocycles. The standard InChI is InChI=1S/C30H19ClN4O3S/c31-20-11-9-19(10-12-20)27-32-25(26-8-4-5-17-34(26)27)18-24-28(36)33-30(39)35(29(24)37)21-13-15-23(16-14-21)38-22-6-2-1-3-7-22/h1-18H,(H,33,36,39)/b24-18+. The Bertz CT molecular complexity index is 1760. The number of aromatic nitrogens is 2. The zero-order chi connectivity index (χ0) is 26.9. The van der Waals surface area contributed by atoms with Crippen molar-refractivity contribution in [2.45, 2.75) is 0 Å². The van der Waals surface area contributed by atoms with Crippen LogP contribution < -0.4 is 15.0 Å². The number of hydrogen-bond donors (Lipinski definition) is 1. The van der Waals surface area contributed by atoms with Crippen LogP contribution in [0.4, 0.5) is 5.69 Å². The van der Waals surface area contributed by atoms with E-state index in [0.717, 1.165) is 11.1 Å². The van der Waals surface area contributed by atoms with Crippen LogP contribution in [-0.2, 0) is 9.59 Å². The first-order chi connectivity index (χ1) is 19.0. The zero-order valence-electron chi connectivity index (χ0n) is 20.2. The van der Waals surface area contributed by atoms with Crippen LogP contribution in [0.25, 0.3) is 23.0 Å². The van der Waals surface area contributed by atoms with Crippen LogP contribution in [0.1, 0.15) is 5.69 Å². The minimum atomic E-state index is -0.588. The number of amides is 2.